The van der Waals surface area contributed by atoms with Crippen molar-refractivity contribution in [3.8, 4) is 0 Å². The van der Waals surface area contributed by atoms with Gasteiger partial charge in [0.05, 0.1) is 11.3 Å². The average molecular weight is 401 g/mol. The summed E-state index contributed by atoms with van der Waals surface area (Å²) in [6.07, 6.45) is -0.287. The van der Waals surface area contributed by atoms with Crippen LogP contribution in [0.5, 0.6) is 0 Å². The normalized spacial score (nSPS) is 22.1. The van der Waals surface area contributed by atoms with E-state index in [1.54, 1.807) is 17.8 Å². The molecule has 8 heteroatoms. The van der Waals surface area contributed by atoms with Gasteiger partial charge in [0.15, 0.2) is 0 Å². The predicted molar refractivity (Wildman–Crippen MR) is 103 cm³/mol. The highest BCUT2D eigenvalue weighted by atomic mass is 32.2. The molecule has 0 spiro atoms. The van der Waals surface area contributed by atoms with Crippen molar-refractivity contribution in [3.63, 3.8) is 0 Å². The number of hydrogen-bond acceptors (Lipinski definition) is 4. The minimum atomic E-state index is -4.31. The fourth-order valence-corrected chi connectivity index (χ4v) is 4.35. The van der Waals surface area contributed by atoms with Crippen LogP contribution >= 0.6 is 11.8 Å². The van der Waals surface area contributed by atoms with Crippen molar-refractivity contribution >= 4 is 23.4 Å². The largest absolute Gasteiger partial charge is 0.416 e. The lowest BCUT2D eigenvalue weighted by molar-refractivity contribution is -0.137. The molecule has 2 fully saturated rings. The molecule has 1 amide bonds. The number of rotatable bonds is 4. The summed E-state index contributed by atoms with van der Waals surface area (Å²) in [5, 5.41) is 0. The summed E-state index contributed by atoms with van der Waals surface area (Å²) < 4.78 is 38.8. The van der Waals surface area contributed by atoms with Gasteiger partial charge in [-0.15, -0.1) is 0 Å². The summed E-state index contributed by atoms with van der Waals surface area (Å²) in [5.74, 6) is 0.727. The molecule has 3 rings (SSSR count). The molecule has 2 aliphatic heterocycles. The second-order valence-electron chi connectivity index (χ2n) is 7.14. The smallest absolute Gasteiger partial charge is 0.369 e. The van der Waals surface area contributed by atoms with Gasteiger partial charge in [-0.3, -0.25) is 9.69 Å². The number of benzene rings is 1. The predicted octanol–water partition coefficient (Wildman–Crippen LogP) is 3.18. The maximum atomic E-state index is 12.9. The molecule has 0 bridgehead atoms. The third-order valence-electron chi connectivity index (χ3n) is 5.39. The molecular formula is C19H26F3N3OS. The number of piperazine rings is 1. The van der Waals surface area contributed by atoms with E-state index in [9.17, 15) is 18.0 Å². The van der Waals surface area contributed by atoms with E-state index >= 15 is 0 Å². The SMILES string of the molecule is CSCC(=O)N1CCC[C@H](N2CCN(c3cccc(C(F)(F)F)c3)CC2)C1. The zero-order chi connectivity index (χ0) is 19.4. The number of carbonyl (C=O) groups excluding carboxylic acids is 1. The number of anilines is 1. The van der Waals surface area contributed by atoms with Gasteiger partial charge in [-0.2, -0.15) is 24.9 Å². The van der Waals surface area contributed by atoms with Crippen molar-refractivity contribution < 1.29 is 18.0 Å². The Labute approximate surface area is 162 Å². The molecule has 0 aromatic heterocycles. The van der Waals surface area contributed by atoms with Crippen molar-refractivity contribution in [1.82, 2.24) is 9.80 Å². The van der Waals surface area contributed by atoms with E-state index in [0.717, 1.165) is 45.1 Å². The fraction of sp³-hybridized carbons (Fsp3) is 0.632. The third kappa shape index (κ3) is 5.10. The Bertz CT molecular complexity index is 647. The number of nitrogens with zero attached hydrogens (tertiary/aromatic N) is 3. The maximum absolute atomic E-state index is 12.9. The number of likely N-dealkylation sites (tertiary alicyclic amines) is 1. The molecule has 2 aliphatic rings. The van der Waals surface area contributed by atoms with Crippen LogP contribution in [0.2, 0.25) is 0 Å². The van der Waals surface area contributed by atoms with Crippen LogP contribution in [-0.2, 0) is 11.0 Å². The first kappa shape index (κ1) is 20.3. The fourth-order valence-electron chi connectivity index (χ4n) is 3.92. The Balaban J connectivity index is 1.57. The summed E-state index contributed by atoms with van der Waals surface area (Å²) in [6, 6.07) is 5.92. The lowest BCUT2D eigenvalue weighted by Crippen LogP contribution is -2.56. The summed E-state index contributed by atoms with van der Waals surface area (Å²) in [5.41, 5.74) is 0.0301. The number of piperidine rings is 1. The zero-order valence-electron chi connectivity index (χ0n) is 15.5. The van der Waals surface area contributed by atoms with Crippen LogP contribution in [0, 0.1) is 0 Å². The molecule has 0 saturated carbocycles. The van der Waals surface area contributed by atoms with E-state index in [1.165, 1.54) is 12.1 Å². The zero-order valence-corrected chi connectivity index (χ0v) is 16.4. The average Bonchev–Trinajstić information content (AvgIpc) is 2.68. The second-order valence-corrected chi connectivity index (χ2v) is 8.01. The van der Waals surface area contributed by atoms with Gasteiger partial charge in [0.25, 0.3) is 0 Å². The van der Waals surface area contributed by atoms with E-state index in [1.807, 2.05) is 16.1 Å². The van der Waals surface area contributed by atoms with Crippen molar-refractivity contribution in [2.24, 2.45) is 0 Å². The molecule has 2 heterocycles. The first-order valence-electron chi connectivity index (χ1n) is 9.31. The van der Waals surface area contributed by atoms with Crippen LogP contribution in [-0.4, -0.2) is 73.0 Å². The monoisotopic (exact) mass is 401 g/mol. The van der Waals surface area contributed by atoms with Crippen molar-refractivity contribution in [3.05, 3.63) is 29.8 Å². The van der Waals surface area contributed by atoms with Gasteiger partial charge in [0.2, 0.25) is 5.91 Å². The molecule has 0 aliphatic carbocycles. The summed E-state index contributed by atoms with van der Waals surface area (Å²) in [4.78, 5) is 18.5. The number of carbonyl (C=O) groups is 1. The third-order valence-corrected chi connectivity index (χ3v) is 5.92. The Kier molecular flexibility index (Phi) is 6.57. The number of thioether (sulfide) groups is 1. The topological polar surface area (TPSA) is 26.8 Å². The van der Waals surface area contributed by atoms with Gasteiger partial charge in [-0.05, 0) is 37.3 Å². The van der Waals surface area contributed by atoms with Gasteiger partial charge >= 0.3 is 6.18 Å². The Hall–Kier alpha value is -1.41. The van der Waals surface area contributed by atoms with Crippen LogP contribution < -0.4 is 4.90 Å². The van der Waals surface area contributed by atoms with E-state index < -0.39 is 11.7 Å². The summed E-state index contributed by atoms with van der Waals surface area (Å²) in [6.45, 7) is 4.63. The van der Waals surface area contributed by atoms with Crippen LogP contribution in [0.15, 0.2) is 24.3 Å². The van der Waals surface area contributed by atoms with E-state index in [4.69, 9.17) is 0 Å². The Morgan fingerprint density at radius 2 is 1.93 bits per heavy atom. The molecule has 150 valence electrons. The van der Waals surface area contributed by atoms with Crippen LogP contribution in [0.4, 0.5) is 18.9 Å². The van der Waals surface area contributed by atoms with Gasteiger partial charge in [-0.25, -0.2) is 0 Å². The van der Waals surface area contributed by atoms with E-state index in [-0.39, 0.29) is 5.91 Å². The van der Waals surface area contributed by atoms with Gasteiger partial charge in [0, 0.05) is 51.0 Å². The highest BCUT2D eigenvalue weighted by Crippen LogP contribution is 2.32. The number of halogens is 3. The van der Waals surface area contributed by atoms with Crippen LogP contribution in [0.3, 0.4) is 0 Å². The molecule has 0 N–H and O–H groups in total. The van der Waals surface area contributed by atoms with E-state index in [0.29, 0.717) is 30.6 Å². The number of amides is 1. The number of hydrogen-bond donors (Lipinski definition) is 0. The second kappa shape index (κ2) is 8.73. The van der Waals surface area contributed by atoms with Crippen molar-refractivity contribution in [1.29, 1.82) is 0 Å². The van der Waals surface area contributed by atoms with Crippen molar-refractivity contribution in [2.75, 3.05) is 56.2 Å². The quantitative estimate of drug-likeness (QED) is 0.774. The minimum Gasteiger partial charge on any atom is -0.369 e. The molecule has 1 atom stereocenters. The molecule has 0 radical (unpaired) electrons. The van der Waals surface area contributed by atoms with Gasteiger partial charge < -0.3 is 9.80 Å². The molecule has 27 heavy (non-hydrogen) atoms. The maximum Gasteiger partial charge on any atom is 0.416 e. The van der Waals surface area contributed by atoms with Crippen molar-refractivity contribution in [2.45, 2.75) is 25.1 Å². The summed E-state index contributed by atoms with van der Waals surface area (Å²) >= 11 is 1.55. The van der Waals surface area contributed by atoms with E-state index in [2.05, 4.69) is 4.90 Å². The summed E-state index contributed by atoms with van der Waals surface area (Å²) in [7, 11) is 0. The van der Waals surface area contributed by atoms with Crippen LogP contribution in [0.25, 0.3) is 0 Å². The Morgan fingerprint density at radius 3 is 2.59 bits per heavy atom. The minimum absolute atomic E-state index is 0.204. The first-order valence-corrected chi connectivity index (χ1v) is 10.7. The highest BCUT2D eigenvalue weighted by molar-refractivity contribution is 7.99. The Morgan fingerprint density at radius 1 is 1.19 bits per heavy atom. The first-order chi connectivity index (χ1) is 12.9. The highest BCUT2D eigenvalue weighted by Gasteiger charge is 2.32. The lowest BCUT2D eigenvalue weighted by atomic mass is 10.0. The van der Waals surface area contributed by atoms with Crippen LogP contribution in [0.1, 0.15) is 18.4 Å². The number of alkyl halides is 3. The van der Waals surface area contributed by atoms with Gasteiger partial charge in [-0.1, -0.05) is 6.07 Å². The van der Waals surface area contributed by atoms with Gasteiger partial charge in [0.1, 0.15) is 0 Å². The molecule has 1 aromatic rings. The standard InChI is InChI=1S/C19H26F3N3OS/c1-27-14-18(26)25-7-3-6-17(13-25)24-10-8-23(9-11-24)16-5-2-4-15(12-16)19(20,21)22/h2,4-5,12,17H,3,6-11,13-14H2,1H3/t17-/m0/s1. The molecule has 1 aromatic carbocycles. The molecule has 2 saturated heterocycles. The molecular weight excluding hydrogens is 375 g/mol. The molecule has 0 unspecified atom stereocenters. The lowest BCUT2D eigenvalue weighted by Gasteiger charge is -2.44. The molecule has 4 nitrogen and oxygen atoms in total.